The van der Waals surface area contributed by atoms with Crippen LogP contribution in [0.2, 0.25) is 0 Å². The fourth-order valence-electron chi connectivity index (χ4n) is 2.45. The van der Waals surface area contributed by atoms with Crippen LogP contribution in [0.1, 0.15) is 38.3 Å². The summed E-state index contributed by atoms with van der Waals surface area (Å²) >= 11 is 0. The number of piperidine rings is 1. The molecule has 1 N–H and O–H groups in total. The monoisotopic (exact) mass is 249 g/mol. The van der Waals surface area contributed by atoms with Gasteiger partial charge in [-0.2, -0.15) is 0 Å². The molecule has 0 amide bonds. The van der Waals surface area contributed by atoms with Crippen LogP contribution in [-0.2, 0) is 11.2 Å². The van der Waals surface area contributed by atoms with Crippen LogP contribution in [0, 0.1) is 0 Å². The lowest BCUT2D eigenvalue weighted by Gasteiger charge is -2.35. The molecule has 1 aliphatic rings. The quantitative estimate of drug-likeness (QED) is 0.882. The molecule has 0 spiro atoms. The van der Waals surface area contributed by atoms with Gasteiger partial charge >= 0.3 is 5.97 Å². The zero-order valence-corrected chi connectivity index (χ0v) is 10.7. The van der Waals surface area contributed by atoms with Gasteiger partial charge in [-0.15, -0.1) is 0 Å². The van der Waals surface area contributed by atoms with Crippen LogP contribution in [0.3, 0.4) is 0 Å². The van der Waals surface area contributed by atoms with E-state index in [1.165, 1.54) is 0 Å². The summed E-state index contributed by atoms with van der Waals surface area (Å²) in [5, 5.41) is 8.97. The summed E-state index contributed by atoms with van der Waals surface area (Å²) in [7, 11) is 0. The van der Waals surface area contributed by atoms with Gasteiger partial charge in [-0.05, 0) is 25.7 Å². The Hall–Kier alpha value is -1.65. The van der Waals surface area contributed by atoms with E-state index >= 15 is 0 Å². The number of anilines is 1. The average Bonchev–Trinajstić information content (AvgIpc) is 2.39. The molecule has 1 saturated heterocycles. The van der Waals surface area contributed by atoms with E-state index < -0.39 is 5.97 Å². The molecule has 2 heterocycles. The molecule has 0 aliphatic carbocycles. The zero-order chi connectivity index (χ0) is 13.0. The summed E-state index contributed by atoms with van der Waals surface area (Å²) in [4.78, 5) is 21.5. The van der Waals surface area contributed by atoms with Crippen LogP contribution >= 0.6 is 0 Å². The first-order valence-electron chi connectivity index (χ1n) is 6.50. The van der Waals surface area contributed by atoms with Crippen molar-refractivity contribution in [3.63, 3.8) is 0 Å². The average molecular weight is 249 g/mol. The standard InChI is InChI=1S/C13H19N3O2/c1-2-10-7-12(15-9-14-10)16-6-4-3-5-11(16)8-13(17)18/h7,9,11H,2-6,8H2,1H3,(H,17,18). The number of aryl methyl sites for hydroxylation is 1. The summed E-state index contributed by atoms with van der Waals surface area (Å²) in [6.45, 7) is 2.94. The van der Waals surface area contributed by atoms with Gasteiger partial charge in [0.25, 0.3) is 0 Å². The topological polar surface area (TPSA) is 66.3 Å². The maximum Gasteiger partial charge on any atom is 0.305 e. The Morgan fingerprint density at radius 1 is 1.50 bits per heavy atom. The third-order valence-electron chi connectivity index (χ3n) is 3.40. The van der Waals surface area contributed by atoms with Crippen molar-refractivity contribution in [3.05, 3.63) is 18.1 Å². The van der Waals surface area contributed by atoms with Gasteiger partial charge in [0, 0.05) is 24.3 Å². The number of aromatic nitrogens is 2. The smallest absolute Gasteiger partial charge is 0.305 e. The van der Waals surface area contributed by atoms with Gasteiger partial charge in [0.1, 0.15) is 12.1 Å². The summed E-state index contributed by atoms with van der Waals surface area (Å²) in [5.74, 6) is 0.129. The minimum atomic E-state index is -0.739. The van der Waals surface area contributed by atoms with Crippen LogP contribution in [0.25, 0.3) is 0 Å². The van der Waals surface area contributed by atoms with Gasteiger partial charge in [0.05, 0.1) is 6.42 Å². The summed E-state index contributed by atoms with van der Waals surface area (Å²) < 4.78 is 0. The second-order valence-electron chi connectivity index (χ2n) is 4.66. The second-order valence-corrected chi connectivity index (χ2v) is 4.66. The van der Waals surface area contributed by atoms with Crippen molar-refractivity contribution < 1.29 is 9.90 Å². The highest BCUT2D eigenvalue weighted by Gasteiger charge is 2.25. The molecule has 2 rings (SSSR count). The predicted octanol–water partition coefficient (Wildman–Crippen LogP) is 1.87. The third-order valence-corrected chi connectivity index (χ3v) is 3.40. The van der Waals surface area contributed by atoms with Gasteiger partial charge in [-0.1, -0.05) is 6.92 Å². The molecule has 1 atom stereocenters. The highest BCUT2D eigenvalue weighted by Crippen LogP contribution is 2.25. The van der Waals surface area contributed by atoms with Gasteiger partial charge in [-0.3, -0.25) is 4.79 Å². The number of carboxylic acids is 1. The number of carboxylic acid groups (broad SMARTS) is 1. The number of hydrogen-bond donors (Lipinski definition) is 1. The van der Waals surface area contributed by atoms with Crippen molar-refractivity contribution in [3.8, 4) is 0 Å². The number of aliphatic carboxylic acids is 1. The van der Waals surface area contributed by atoms with Crippen molar-refractivity contribution in [2.45, 2.75) is 45.1 Å². The Morgan fingerprint density at radius 3 is 3.06 bits per heavy atom. The molecule has 0 saturated carbocycles. The van der Waals surface area contributed by atoms with Crippen LogP contribution in [0.4, 0.5) is 5.82 Å². The van der Waals surface area contributed by atoms with E-state index in [1.54, 1.807) is 6.33 Å². The van der Waals surface area contributed by atoms with Crippen molar-refractivity contribution >= 4 is 11.8 Å². The molecule has 0 aromatic carbocycles. The molecular formula is C13H19N3O2. The summed E-state index contributed by atoms with van der Waals surface area (Å²) in [5.41, 5.74) is 1.000. The van der Waals surface area contributed by atoms with E-state index in [-0.39, 0.29) is 12.5 Å². The Kier molecular flexibility index (Phi) is 4.12. The Balaban J connectivity index is 2.19. The SMILES string of the molecule is CCc1cc(N2CCCCC2CC(=O)O)ncn1. The highest BCUT2D eigenvalue weighted by atomic mass is 16.4. The lowest BCUT2D eigenvalue weighted by atomic mass is 9.99. The molecule has 1 aromatic rings. The normalized spacial score (nSPS) is 19.8. The summed E-state index contributed by atoms with van der Waals surface area (Å²) in [6, 6.07) is 2.04. The molecular weight excluding hydrogens is 230 g/mol. The predicted molar refractivity (Wildman–Crippen MR) is 68.6 cm³/mol. The van der Waals surface area contributed by atoms with E-state index in [0.29, 0.717) is 0 Å². The maximum absolute atomic E-state index is 10.9. The van der Waals surface area contributed by atoms with Gasteiger partial charge in [0.15, 0.2) is 0 Å². The first-order valence-corrected chi connectivity index (χ1v) is 6.50. The second kappa shape index (κ2) is 5.80. The zero-order valence-electron chi connectivity index (χ0n) is 10.7. The van der Waals surface area contributed by atoms with Crippen LogP contribution in [-0.4, -0.2) is 33.6 Å². The number of hydrogen-bond acceptors (Lipinski definition) is 4. The third kappa shape index (κ3) is 2.97. The van der Waals surface area contributed by atoms with Gasteiger partial charge in [-0.25, -0.2) is 9.97 Å². The Bertz CT molecular complexity index is 422. The molecule has 1 aliphatic heterocycles. The molecule has 0 radical (unpaired) electrons. The van der Waals surface area contributed by atoms with Crippen molar-refractivity contribution in [2.24, 2.45) is 0 Å². The number of rotatable bonds is 4. The first kappa shape index (κ1) is 12.8. The number of carbonyl (C=O) groups is 1. The molecule has 1 aromatic heterocycles. The fourth-order valence-corrected chi connectivity index (χ4v) is 2.45. The molecule has 5 heteroatoms. The Morgan fingerprint density at radius 2 is 2.33 bits per heavy atom. The maximum atomic E-state index is 10.9. The van der Waals surface area contributed by atoms with Crippen LogP contribution < -0.4 is 4.90 Å². The first-order chi connectivity index (χ1) is 8.70. The van der Waals surface area contributed by atoms with Gasteiger partial charge < -0.3 is 10.0 Å². The van der Waals surface area contributed by atoms with Crippen molar-refractivity contribution in [1.29, 1.82) is 0 Å². The van der Waals surface area contributed by atoms with Crippen molar-refractivity contribution in [1.82, 2.24) is 9.97 Å². The van der Waals surface area contributed by atoms with E-state index in [9.17, 15) is 4.79 Å². The molecule has 98 valence electrons. The summed E-state index contributed by atoms with van der Waals surface area (Å²) in [6.07, 6.45) is 5.75. The molecule has 5 nitrogen and oxygen atoms in total. The largest absolute Gasteiger partial charge is 0.481 e. The van der Waals surface area contributed by atoms with Gasteiger partial charge in [0.2, 0.25) is 0 Å². The number of nitrogens with zero attached hydrogens (tertiary/aromatic N) is 3. The van der Waals surface area contributed by atoms with E-state index in [4.69, 9.17) is 5.11 Å². The fraction of sp³-hybridized carbons (Fsp3) is 0.615. The lowest BCUT2D eigenvalue weighted by molar-refractivity contribution is -0.137. The van der Waals surface area contributed by atoms with Crippen LogP contribution in [0.5, 0.6) is 0 Å². The minimum absolute atomic E-state index is 0.0656. The molecule has 0 bridgehead atoms. The Labute approximate surface area is 107 Å². The van der Waals surface area contributed by atoms with Crippen LogP contribution in [0.15, 0.2) is 12.4 Å². The molecule has 1 unspecified atom stereocenters. The van der Waals surface area contributed by atoms with E-state index in [2.05, 4.69) is 21.8 Å². The highest BCUT2D eigenvalue weighted by molar-refractivity contribution is 5.68. The van der Waals surface area contributed by atoms with E-state index in [0.717, 1.165) is 43.7 Å². The van der Waals surface area contributed by atoms with E-state index in [1.807, 2.05) is 6.07 Å². The molecule has 18 heavy (non-hydrogen) atoms. The minimum Gasteiger partial charge on any atom is -0.481 e. The van der Waals surface area contributed by atoms with Crippen molar-refractivity contribution in [2.75, 3.05) is 11.4 Å². The lowest BCUT2D eigenvalue weighted by Crippen LogP contribution is -2.41. The molecule has 1 fully saturated rings.